The molecule has 8 heteroatoms. The van der Waals surface area contributed by atoms with E-state index in [-0.39, 0.29) is 10.7 Å². The van der Waals surface area contributed by atoms with E-state index in [1.165, 1.54) is 10.5 Å². The number of hydrogen-bond acceptors (Lipinski definition) is 6. The number of methoxy groups -OCH3 is 1. The summed E-state index contributed by atoms with van der Waals surface area (Å²) in [5.74, 6) is 5.36. The van der Waals surface area contributed by atoms with Crippen molar-refractivity contribution in [2.45, 2.75) is 30.4 Å². The first-order valence-electron chi connectivity index (χ1n) is 6.40. The third kappa shape index (κ3) is 2.78. The summed E-state index contributed by atoms with van der Waals surface area (Å²) in [6.45, 7) is 2.68. The van der Waals surface area contributed by atoms with Crippen molar-refractivity contribution in [3.8, 4) is 0 Å². The number of aromatic nitrogens is 1. The van der Waals surface area contributed by atoms with E-state index in [9.17, 15) is 8.42 Å². The lowest BCUT2D eigenvalue weighted by Gasteiger charge is -2.38. The summed E-state index contributed by atoms with van der Waals surface area (Å²) < 4.78 is 32.2. The molecule has 7 nitrogen and oxygen atoms in total. The second-order valence-electron chi connectivity index (χ2n) is 5.10. The van der Waals surface area contributed by atoms with Crippen molar-refractivity contribution in [3.05, 3.63) is 18.3 Å². The van der Waals surface area contributed by atoms with Gasteiger partial charge in [-0.15, -0.1) is 0 Å². The largest absolute Gasteiger partial charge is 0.377 e. The van der Waals surface area contributed by atoms with Crippen LogP contribution in [-0.2, 0) is 14.8 Å². The highest BCUT2D eigenvalue weighted by molar-refractivity contribution is 7.89. The van der Waals surface area contributed by atoms with E-state index in [2.05, 4.69) is 10.4 Å². The van der Waals surface area contributed by atoms with Gasteiger partial charge >= 0.3 is 0 Å². The van der Waals surface area contributed by atoms with Crippen molar-refractivity contribution >= 4 is 15.7 Å². The van der Waals surface area contributed by atoms with Gasteiger partial charge in [-0.05, 0) is 31.9 Å². The zero-order valence-electron chi connectivity index (χ0n) is 11.7. The molecule has 0 aliphatic carbocycles. The van der Waals surface area contributed by atoms with Crippen LogP contribution in [0.1, 0.15) is 19.8 Å². The number of sulfonamides is 1. The number of nitrogens with two attached hydrogens (primary N) is 1. The second kappa shape index (κ2) is 5.65. The van der Waals surface area contributed by atoms with Crippen LogP contribution in [0, 0.1) is 0 Å². The monoisotopic (exact) mass is 300 g/mol. The molecule has 1 aromatic rings. The van der Waals surface area contributed by atoms with Gasteiger partial charge in [-0.1, -0.05) is 0 Å². The van der Waals surface area contributed by atoms with Crippen LogP contribution < -0.4 is 11.3 Å². The first-order valence-corrected chi connectivity index (χ1v) is 7.84. The zero-order chi connectivity index (χ0) is 14.8. The first-order chi connectivity index (χ1) is 9.43. The summed E-state index contributed by atoms with van der Waals surface area (Å²) in [5.41, 5.74) is 2.20. The number of nitrogen functional groups attached to an aromatic ring is 1. The Hall–Kier alpha value is -1.22. The smallest absolute Gasteiger partial charge is 0.262 e. The molecular weight excluding hydrogens is 280 g/mol. The molecule has 1 aliphatic heterocycles. The van der Waals surface area contributed by atoms with Crippen LogP contribution in [0.25, 0.3) is 0 Å². The van der Waals surface area contributed by atoms with Crippen LogP contribution in [-0.4, -0.2) is 43.5 Å². The van der Waals surface area contributed by atoms with Crippen LogP contribution in [0.2, 0.25) is 0 Å². The molecule has 1 saturated heterocycles. The van der Waals surface area contributed by atoms with E-state index >= 15 is 0 Å². The van der Waals surface area contributed by atoms with E-state index in [4.69, 9.17) is 10.6 Å². The lowest BCUT2D eigenvalue weighted by molar-refractivity contribution is -0.0319. The third-order valence-corrected chi connectivity index (χ3v) is 5.43. The standard InChI is InChI=1S/C12H20N4O3S/c1-12(19-2)6-4-8-16(9-12)20(17,18)11-10(15-13)5-3-7-14-11/h3,5,7,15H,4,6,8-9,13H2,1-2H3. The van der Waals surface area contributed by atoms with Crippen molar-refractivity contribution < 1.29 is 13.2 Å². The quantitative estimate of drug-likeness (QED) is 0.623. The minimum Gasteiger partial charge on any atom is -0.377 e. The predicted molar refractivity (Wildman–Crippen MR) is 75.5 cm³/mol. The number of nitrogens with zero attached hydrogens (tertiary/aromatic N) is 2. The summed E-state index contributed by atoms with van der Waals surface area (Å²) in [4.78, 5) is 3.96. The molecule has 2 rings (SSSR count). The molecule has 0 bridgehead atoms. The maximum atomic E-state index is 12.7. The minimum atomic E-state index is -3.69. The Morgan fingerprint density at radius 3 is 2.95 bits per heavy atom. The molecule has 0 spiro atoms. The van der Waals surface area contributed by atoms with E-state index in [1.807, 2.05) is 6.92 Å². The van der Waals surface area contributed by atoms with E-state index in [1.54, 1.807) is 19.2 Å². The molecule has 1 aromatic heterocycles. The van der Waals surface area contributed by atoms with Crippen LogP contribution >= 0.6 is 0 Å². The molecule has 1 atom stereocenters. The van der Waals surface area contributed by atoms with Gasteiger partial charge in [-0.25, -0.2) is 13.4 Å². The number of piperidine rings is 1. The van der Waals surface area contributed by atoms with Gasteiger partial charge in [0.25, 0.3) is 10.0 Å². The summed E-state index contributed by atoms with van der Waals surface area (Å²) >= 11 is 0. The van der Waals surface area contributed by atoms with Gasteiger partial charge in [-0.3, -0.25) is 5.84 Å². The Bertz CT molecular complexity index is 578. The fraction of sp³-hybridized carbons (Fsp3) is 0.583. The first kappa shape index (κ1) is 15.2. The molecule has 112 valence electrons. The van der Waals surface area contributed by atoms with Crippen molar-refractivity contribution in [3.63, 3.8) is 0 Å². The van der Waals surface area contributed by atoms with Crippen molar-refractivity contribution in [2.75, 3.05) is 25.6 Å². The van der Waals surface area contributed by atoms with Crippen molar-refractivity contribution in [1.29, 1.82) is 0 Å². The maximum Gasteiger partial charge on any atom is 0.262 e. The normalized spacial score (nSPS) is 24.6. The molecule has 1 aliphatic rings. The molecule has 1 fully saturated rings. The lowest BCUT2D eigenvalue weighted by Crippen LogP contribution is -2.49. The number of pyridine rings is 1. The van der Waals surface area contributed by atoms with Gasteiger partial charge in [-0.2, -0.15) is 4.31 Å². The summed E-state index contributed by atoms with van der Waals surface area (Å²) in [6, 6.07) is 3.21. The highest BCUT2D eigenvalue weighted by Crippen LogP contribution is 2.29. The van der Waals surface area contributed by atoms with Gasteiger partial charge in [0, 0.05) is 26.4 Å². The molecular formula is C12H20N4O3S. The summed E-state index contributed by atoms with van der Waals surface area (Å²) in [5, 5.41) is -0.0529. The molecule has 0 aromatic carbocycles. The number of hydrazine groups is 1. The number of ether oxygens (including phenoxy) is 1. The average Bonchev–Trinajstić information content (AvgIpc) is 2.47. The highest BCUT2D eigenvalue weighted by Gasteiger charge is 2.38. The highest BCUT2D eigenvalue weighted by atomic mass is 32.2. The zero-order valence-corrected chi connectivity index (χ0v) is 12.5. The average molecular weight is 300 g/mol. The van der Waals surface area contributed by atoms with Crippen LogP contribution in [0.3, 0.4) is 0 Å². The Balaban J connectivity index is 2.35. The SMILES string of the molecule is COC1(C)CCCN(S(=O)(=O)c2ncccc2NN)C1. The molecule has 0 saturated carbocycles. The molecule has 1 unspecified atom stereocenters. The number of rotatable bonds is 4. The van der Waals surface area contributed by atoms with Crippen LogP contribution in [0.15, 0.2) is 23.4 Å². The lowest BCUT2D eigenvalue weighted by atomic mass is 9.96. The number of hydrogen-bond donors (Lipinski definition) is 2. The fourth-order valence-electron chi connectivity index (χ4n) is 2.36. The number of anilines is 1. The Morgan fingerprint density at radius 2 is 2.30 bits per heavy atom. The van der Waals surface area contributed by atoms with Crippen LogP contribution in [0.4, 0.5) is 5.69 Å². The Morgan fingerprint density at radius 1 is 1.55 bits per heavy atom. The molecule has 0 radical (unpaired) electrons. The van der Waals surface area contributed by atoms with Gasteiger partial charge < -0.3 is 10.2 Å². The Labute approximate surface area is 119 Å². The number of nitrogens with one attached hydrogen (secondary N) is 1. The van der Waals surface area contributed by atoms with Gasteiger partial charge in [0.05, 0.1) is 11.3 Å². The molecule has 20 heavy (non-hydrogen) atoms. The Kier molecular flexibility index (Phi) is 4.28. The van der Waals surface area contributed by atoms with E-state index in [0.29, 0.717) is 13.1 Å². The fourth-order valence-corrected chi connectivity index (χ4v) is 4.02. The van der Waals surface area contributed by atoms with E-state index in [0.717, 1.165) is 12.8 Å². The second-order valence-corrected chi connectivity index (χ2v) is 6.95. The molecule has 2 heterocycles. The predicted octanol–water partition coefficient (Wildman–Crippen LogP) is 0.557. The maximum absolute atomic E-state index is 12.7. The topological polar surface area (TPSA) is 97.5 Å². The summed E-state index contributed by atoms with van der Waals surface area (Å²) in [7, 11) is -2.09. The van der Waals surface area contributed by atoms with E-state index < -0.39 is 15.6 Å². The van der Waals surface area contributed by atoms with Crippen molar-refractivity contribution in [1.82, 2.24) is 9.29 Å². The molecule has 0 amide bonds. The van der Waals surface area contributed by atoms with Crippen LogP contribution in [0.5, 0.6) is 0 Å². The van der Waals surface area contributed by atoms with Gasteiger partial charge in [0.2, 0.25) is 0 Å². The molecule has 3 N–H and O–H groups in total. The van der Waals surface area contributed by atoms with Gasteiger partial charge in [0.15, 0.2) is 5.03 Å². The summed E-state index contributed by atoms with van der Waals surface area (Å²) in [6.07, 6.45) is 3.02. The van der Waals surface area contributed by atoms with Crippen molar-refractivity contribution in [2.24, 2.45) is 5.84 Å². The minimum absolute atomic E-state index is 0.0529. The van der Waals surface area contributed by atoms with Gasteiger partial charge in [0.1, 0.15) is 0 Å². The third-order valence-electron chi connectivity index (χ3n) is 3.63.